The molecule has 0 aliphatic carbocycles. The highest BCUT2D eigenvalue weighted by Crippen LogP contribution is 2.09. The number of hydrogen-bond acceptors (Lipinski definition) is 4. The third-order valence-electron chi connectivity index (χ3n) is 2.35. The highest BCUT2D eigenvalue weighted by atomic mass is 16.3. The van der Waals surface area contributed by atoms with Crippen molar-refractivity contribution in [1.82, 2.24) is 0 Å². The molecule has 14 heavy (non-hydrogen) atoms. The molecule has 0 fully saturated rings. The molecule has 0 rings (SSSR count). The predicted octanol–water partition coefficient (Wildman–Crippen LogP) is -0.00180. The zero-order chi connectivity index (χ0) is 11.0. The van der Waals surface area contributed by atoms with Crippen LogP contribution in [0.1, 0.15) is 39.0 Å². The van der Waals surface area contributed by atoms with Gasteiger partial charge in [-0.25, -0.2) is 0 Å². The minimum absolute atomic E-state index is 0.254. The Balaban J connectivity index is 3.58. The van der Waals surface area contributed by atoms with E-state index in [0.29, 0.717) is 6.42 Å². The molecule has 0 aromatic carbocycles. The first-order valence-corrected chi connectivity index (χ1v) is 5.34. The molecule has 0 aliphatic rings. The zero-order valence-corrected chi connectivity index (χ0v) is 8.89. The molecule has 0 amide bonds. The van der Waals surface area contributed by atoms with Gasteiger partial charge in [-0.2, -0.15) is 0 Å². The number of unbranched alkanes of at least 4 members (excludes halogenated alkanes) is 2. The van der Waals surface area contributed by atoms with Crippen LogP contribution in [0.25, 0.3) is 0 Å². The van der Waals surface area contributed by atoms with Gasteiger partial charge >= 0.3 is 0 Å². The smallest absolute Gasteiger partial charge is 0.0786 e. The fraction of sp³-hybridized carbons (Fsp3) is 1.00. The molecule has 0 heterocycles. The van der Waals surface area contributed by atoms with Crippen molar-refractivity contribution in [2.24, 2.45) is 5.73 Å². The van der Waals surface area contributed by atoms with Crippen LogP contribution in [0.2, 0.25) is 0 Å². The van der Waals surface area contributed by atoms with Gasteiger partial charge in [-0.1, -0.05) is 26.2 Å². The predicted molar refractivity (Wildman–Crippen MR) is 55.8 cm³/mol. The number of nitrogens with two attached hydrogens (primary N) is 1. The average molecular weight is 205 g/mol. The van der Waals surface area contributed by atoms with Gasteiger partial charge in [0, 0.05) is 6.04 Å². The molecule has 4 nitrogen and oxygen atoms in total. The zero-order valence-electron chi connectivity index (χ0n) is 8.89. The van der Waals surface area contributed by atoms with Crippen molar-refractivity contribution in [1.29, 1.82) is 0 Å². The summed E-state index contributed by atoms with van der Waals surface area (Å²) in [6, 6.07) is -0.436. The molecule has 0 saturated heterocycles. The lowest BCUT2D eigenvalue weighted by Crippen LogP contribution is -2.38. The fourth-order valence-corrected chi connectivity index (χ4v) is 1.36. The Bertz CT molecular complexity index is 133. The molecule has 0 radical (unpaired) electrons. The summed E-state index contributed by atoms with van der Waals surface area (Å²) in [4.78, 5) is 0. The van der Waals surface area contributed by atoms with Gasteiger partial charge < -0.3 is 21.1 Å². The lowest BCUT2D eigenvalue weighted by atomic mass is 10.00. The quantitative estimate of drug-likeness (QED) is 0.420. The maximum absolute atomic E-state index is 9.57. The van der Waals surface area contributed by atoms with Crippen LogP contribution in [0.5, 0.6) is 0 Å². The minimum Gasteiger partial charge on any atom is -0.394 e. The molecular weight excluding hydrogens is 182 g/mol. The molecule has 4 heteroatoms. The summed E-state index contributed by atoms with van der Waals surface area (Å²) in [5, 5.41) is 27.3. The molecule has 0 bridgehead atoms. The van der Waals surface area contributed by atoms with Gasteiger partial charge in [0.05, 0.1) is 18.8 Å². The summed E-state index contributed by atoms with van der Waals surface area (Å²) in [6.07, 6.45) is 2.71. The van der Waals surface area contributed by atoms with E-state index in [0.717, 1.165) is 19.3 Å². The van der Waals surface area contributed by atoms with Gasteiger partial charge in [-0.3, -0.25) is 0 Å². The second-order valence-corrected chi connectivity index (χ2v) is 3.80. The Morgan fingerprint density at radius 2 is 1.86 bits per heavy atom. The van der Waals surface area contributed by atoms with Crippen LogP contribution in [-0.2, 0) is 0 Å². The standard InChI is InChI=1S/C10H23NO3/c1-2-3-4-5-10(14)9(11)6-8(13)7-12/h8-10,12-14H,2-7,11H2,1H3/t8-,9-,10-/m0/s1. The van der Waals surface area contributed by atoms with E-state index >= 15 is 0 Å². The topological polar surface area (TPSA) is 86.7 Å². The van der Waals surface area contributed by atoms with E-state index in [-0.39, 0.29) is 13.0 Å². The van der Waals surface area contributed by atoms with Crippen molar-refractivity contribution < 1.29 is 15.3 Å². The van der Waals surface area contributed by atoms with Crippen molar-refractivity contribution in [2.75, 3.05) is 6.61 Å². The second-order valence-electron chi connectivity index (χ2n) is 3.80. The molecule has 86 valence electrons. The summed E-state index contributed by atoms with van der Waals surface area (Å²) < 4.78 is 0. The molecule has 0 aromatic heterocycles. The summed E-state index contributed by atoms with van der Waals surface area (Å²) in [5.41, 5.74) is 5.65. The van der Waals surface area contributed by atoms with Crippen LogP contribution in [0, 0.1) is 0 Å². The molecule has 3 atom stereocenters. The van der Waals surface area contributed by atoms with Crippen molar-refractivity contribution in [3.05, 3.63) is 0 Å². The number of rotatable bonds is 8. The molecule has 0 unspecified atom stereocenters. The first-order chi connectivity index (χ1) is 6.61. The van der Waals surface area contributed by atoms with E-state index < -0.39 is 18.2 Å². The Morgan fingerprint density at radius 1 is 1.21 bits per heavy atom. The maximum Gasteiger partial charge on any atom is 0.0786 e. The monoisotopic (exact) mass is 205 g/mol. The van der Waals surface area contributed by atoms with Gasteiger partial charge in [0.15, 0.2) is 0 Å². The molecule has 0 spiro atoms. The maximum atomic E-state index is 9.57. The van der Waals surface area contributed by atoms with E-state index in [4.69, 9.17) is 15.9 Å². The molecular formula is C10H23NO3. The van der Waals surface area contributed by atoms with Crippen molar-refractivity contribution >= 4 is 0 Å². The van der Waals surface area contributed by atoms with Crippen molar-refractivity contribution in [3.63, 3.8) is 0 Å². The normalized spacial score (nSPS) is 17.8. The summed E-state index contributed by atoms with van der Waals surface area (Å²) >= 11 is 0. The van der Waals surface area contributed by atoms with Gasteiger partial charge in [0.2, 0.25) is 0 Å². The Hall–Kier alpha value is -0.160. The van der Waals surface area contributed by atoms with Crippen LogP contribution in [0.4, 0.5) is 0 Å². The lowest BCUT2D eigenvalue weighted by molar-refractivity contribution is 0.0547. The summed E-state index contributed by atoms with van der Waals surface area (Å²) in [7, 11) is 0. The number of aliphatic hydroxyl groups is 3. The van der Waals surface area contributed by atoms with Crippen LogP contribution in [0.3, 0.4) is 0 Å². The summed E-state index contributed by atoms with van der Waals surface area (Å²) in [6.45, 7) is 1.80. The van der Waals surface area contributed by atoms with E-state index in [1.54, 1.807) is 0 Å². The lowest BCUT2D eigenvalue weighted by Gasteiger charge is -2.20. The molecule has 5 N–H and O–H groups in total. The molecule has 0 aliphatic heterocycles. The molecule has 0 aromatic rings. The third kappa shape index (κ3) is 6.32. The first-order valence-electron chi connectivity index (χ1n) is 5.34. The van der Waals surface area contributed by atoms with Crippen LogP contribution in [0.15, 0.2) is 0 Å². The highest BCUT2D eigenvalue weighted by molar-refractivity contribution is 4.74. The molecule has 0 saturated carbocycles. The van der Waals surface area contributed by atoms with Crippen LogP contribution in [-0.4, -0.2) is 40.2 Å². The van der Waals surface area contributed by atoms with Gasteiger partial charge in [-0.15, -0.1) is 0 Å². The van der Waals surface area contributed by atoms with E-state index in [1.807, 2.05) is 0 Å². The van der Waals surface area contributed by atoms with E-state index in [1.165, 1.54) is 0 Å². The fourth-order valence-electron chi connectivity index (χ4n) is 1.36. The van der Waals surface area contributed by atoms with Gasteiger partial charge in [-0.05, 0) is 12.8 Å². The second kappa shape index (κ2) is 8.17. The first kappa shape index (κ1) is 13.8. The van der Waals surface area contributed by atoms with E-state index in [9.17, 15) is 5.11 Å². The third-order valence-corrected chi connectivity index (χ3v) is 2.35. The Morgan fingerprint density at radius 3 is 2.36 bits per heavy atom. The SMILES string of the molecule is CCCCC[C@H](O)[C@@H](N)C[C@H](O)CO. The van der Waals surface area contributed by atoms with Crippen molar-refractivity contribution in [3.8, 4) is 0 Å². The van der Waals surface area contributed by atoms with Crippen LogP contribution >= 0.6 is 0 Å². The van der Waals surface area contributed by atoms with E-state index in [2.05, 4.69) is 6.92 Å². The summed E-state index contributed by atoms with van der Waals surface area (Å²) in [5.74, 6) is 0. The Labute approximate surface area is 85.7 Å². The van der Waals surface area contributed by atoms with Crippen molar-refractivity contribution in [2.45, 2.75) is 57.3 Å². The largest absolute Gasteiger partial charge is 0.394 e. The minimum atomic E-state index is -0.814. The number of aliphatic hydroxyl groups excluding tert-OH is 3. The number of hydrogen-bond donors (Lipinski definition) is 4. The average Bonchev–Trinajstić information content (AvgIpc) is 2.17. The van der Waals surface area contributed by atoms with Crippen LogP contribution < -0.4 is 5.73 Å². The highest BCUT2D eigenvalue weighted by Gasteiger charge is 2.17. The van der Waals surface area contributed by atoms with Gasteiger partial charge in [0.1, 0.15) is 0 Å². The van der Waals surface area contributed by atoms with Gasteiger partial charge in [0.25, 0.3) is 0 Å². The Kier molecular flexibility index (Phi) is 8.08.